The predicted molar refractivity (Wildman–Crippen MR) is 101 cm³/mol. The molecule has 0 spiro atoms. The third-order valence-corrected chi connectivity index (χ3v) is 4.97. The first-order chi connectivity index (χ1) is 12.5. The minimum atomic E-state index is -0.926. The molecule has 1 aliphatic rings. The Labute approximate surface area is 154 Å². The fourth-order valence-electron chi connectivity index (χ4n) is 3.55. The molecular formula is C22H25NO3. The van der Waals surface area contributed by atoms with Crippen LogP contribution in [0.4, 0.5) is 0 Å². The topological polar surface area (TPSA) is 66.4 Å². The van der Waals surface area contributed by atoms with Crippen molar-refractivity contribution in [3.8, 4) is 0 Å². The molecule has 0 radical (unpaired) electrons. The zero-order chi connectivity index (χ0) is 18.5. The summed E-state index contributed by atoms with van der Waals surface area (Å²) in [5.41, 5.74) is 5.65. The number of rotatable bonds is 6. The van der Waals surface area contributed by atoms with Crippen molar-refractivity contribution in [2.24, 2.45) is 0 Å². The van der Waals surface area contributed by atoms with Crippen molar-refractivity contribution < 1.29 is 14.7 Å². The summed E-state index contributed by atoms with van der Waals surface area (Å²) in [5, 5.41) is 12.1. The molecule has 0 aliphatic heterocycles. The molecule has 0 unspecified atom stereocenters. The largest absolute Gasteiger partial charge is 0.481 e. The van der Waals surface area contributed by atoms with Gasteiger partial charge in [0.15, 0.2) is 0 Å². The fraction of sp³-hybridized carbons (Fsp3) is 0.364. The summed E-state index contributed by atoms with van der Waals surface area (Å²) in [6.07, 6.45) is 4.79. The molecule has 0 bridgehead atoms. The molecule has 2 N–H and O–H groups in total. The van der Waals surface area contributed by atoms with Gasteiger partial charge in [-0.05, 0) is 54.9 Å². The average molecular weight is 351 g/mol. The van der Waals surface area contributed by atoms with Crippen LogP contribution in [0.1, 0.15) is 53.1 Å². The summed E-state index contributed by atoms with van der Waals surface area (Å²) in [5.74, 6) is -1.07. The molecule has 26 heavy (non-hydrogen) atoms. The molecule has 0 heterocycles. The normalized spacial score (nSPS) is 14.3. The Balaban J connectivity index is 1.69. The van der Waals surface area contributed by atoms with E-state index in [1.807, 2.05) is 37.3 Å². The Morgan fingerprint density at radius 3 is 2.42 bits per heavy atom. The van der Waals surface area contributed by atoms with Crippen LogP contribution >= 0.6 is 0 Å². The van der Waals surface area contributed by atoms with E-state index in [0.29, 0.717) is 0 Å². The van der Waals surface area contributed by atoms with Crippen LogP contribution in [-0.2, 0) is 28.9 Å². The number of benzene rings is 2. The van der Waals surface area contributed by atoms with Crippen molar-refractivity contribution in [2.75, 3.05) is 0 Å². The lowest BCUT2D eigenvalue weighted by atomic mass is 9.90. The van der Waals surface area contributed by atoms with Crippen LogP contribution in [0.5, 0.6) is 0 Å². The second-order valence-corrected chi connectivity index (χ2v) is 7.12. The Morgan fingerprint density at radius 1 is 1.04 bits per heavy atom. The molecule has 1 atom stereocenters. The molecular weight excluding hydrogens is 326 g/mol. The molecule has 4 nitrogen and oxygen atoms in total. The summed E-state index contributed by atoms with van der Waals surface area (Å²) >= 11 is 0. The van der Waals surface area contributed by atoms with Crippen LogP contribution in [0.3, 0.4) is 0 Å². The van der Waals surface area contributed by atoms with Crippen molar-refractivity contribution in [3.05, 3.63) is 70.3 Å². The van der Waals surface area contributed by atoms with Crippen LogP contribution in [0.2, 0.25) is 0 Å². The second-order valence-electron chi connectivity index (χ2n) is 7.12. The lowest BCUT2D eigenvalue weighted by Gasteiger charge is -2.19. The standard InChI is InChI=1S/C22H25NO3/c1-15-6-9-18(10-7-15)20(14-22(25)26)23-21(24)13-16-8-11-17-4-2-3-5-19(17)12-16/h6-12,20H,2-5,13-14H2,1H3,(H,23,24)(H,25,26)/t20-/m0/s1. The zero-order valence-corrected chi connectivity index (χ0v) is 15.1. The Bertz CT molecular complexity index is 796. The van der Waals surface area contributed by atoms with Gasteiger partial charge >= 0.3 is 5.97 Å². The number of nitrogens with one attached hydrogen (secondary N) is 1. The molecule has 3 rings (SSSR count). The molecule has 0 aromatic heterocycles. The molecule has 0 saturated heterocycles. The number of aryl methyl sites for hydroxylation is 3. The molecule has 136 valence electrons. The van der Waals surface area contributed by atoms with Gasteiger partial charge in [-0.3, -0.25) is 9.59 Å². The quantitative estimate of drug-likeness (QED) is 0.833. The number of carbonyl (C=O) groups is 2. The van der Waals surface area contributed by atoms with E-state index in [4.69, 9.17) is 0 Å². The number of carbonyl (C=O) groups excluding carboxylic acids is 1. The zero-order valence-electron chi connectivity index (χ0n) is 15.1. The average Bonchev–Trinajstić information content (AvgIpc) is 2.61. The van der Waals surface area contributed by atoms with Crippen LogP contribution in [0.15, 0.2) is 42.5 Å². The third kappa shape index (κ3) is 4.72. The number of aliphatic carboxylic acids is 1. The van der Waals surface area contributed by atoms with Gasteiger partial charge in [-0.25, -0.2) is 0 Å². The SMILES string of the molecule is Cc1ccc([C@H](CC(=O)O)NC(=O)Cc2ccc3c(c2)CCCC3)cc1. The molecule has 1 amide bonds. The van der Waals surface area contributed by atoms with Gasteiger partial charge in [-0.1, -0.05) is 48.0 Å². The third-order valence-electron chi connectivity index (χ3n) is 4.97. The monoisotopic (exact) mass is 351 g/mol. The van der Waals surface area contributed by atoms with E-state index in [9.17, 15) is 14.7 Å². The Hall–Kier alpha value is -2.62. The number of amides is 1. The van der Waals surface area contributed by atoms with E-state index in [2.05, 4.69) is 17.4 Å². The van der Waals surface area contributed by atoms with Gasteiger partial charge in [0.25, 0.3) is 0 Å². The maximum absolute atomic E-state index is 12.5. The number of hydrogen-bond acceptors (Lipinski definition) is 2. The van der Waals surface area contributed by atoms with Crippen LogP contribution in [0, 0.1) is 6.92 Å². The van der Waals surface area contributed by atoms with Crippen LogP contribution in [0.25, 0.3) is 0 Å². The first kappa shape index (κ1) is 18.2. The van der Waals surface area contributed by atoms with Crippen molar-refractivity contribution in [1.29, 1.82) is 0 Å². The van der Waals surface area contributed by atoms with Crippen molar-refractivity contribution in [3.63, 3.8) is 0 Å². The van der Waals surface area contributed by atoms with E-state index in [1.54, 1.807) is 0 Å². The van der Waals surface area contributed by atoms with E-state index in [1.165, 1.54) is 24.0 Å². The summed E-state index contributed by atoms with van der Waals surface area (Å²) in [6, 6.07) is 13.4. The highest BCUT2D eigenvalue weighted by Crippen LogP contribution is 2.23. The molecule has 0 fully saturated rings. The van der Waals surface area contributed by atoms with E-state index in [-0.39, 0.29) is 18.7 Å². The van der Waals surface area contributed by atoms with Gasteiger partial charge in [-0.15, -0.1) is 0 Å². The van der Waals surface area contributed by atoms with E-state index in [0.717, 1.165) is 29.5 Å². The predicted octanol–water partition coefficient (Wildman–Crippen LogP) is 3.75. The maximum atomic E-state index is 12.5. The highest BCUT2D eigenvalue weighted by Gasteiger charge is 2.19. The minimum absolute atomic E-state index is 0.126. The van der Waals surface area contributed by atoms with Gasteiger partial charge in [0.2, 0.25) is 5.91 Å². The molecule has 4 heteroatoms. The van der Waals surface area contributed by atoms with Crippen LogP contribution < -0.4 is 5.32 Å². The maximum Gasteiger partial charge on any atom is 0.305 e. The van der Waals surface area contributed by atoms with E-state index >= 15 is 0 Å². The van der Waals surface area contributed by atoms with Gasteiger partial charge in [0.1, 0.15) is 0 Å². The minimum Gasteiger partial charge on any atom is -0.481 e. The van der Waals surface area contributed by atoms with Gasteiger partial charge in [0.05, 0.1) is 18.9 Å². The Morgan fingerprint density at radius 2 is 1.73 bits per heavy atom. The highest BCUT2D eigenvalue weighted by molar-refractivity contribution is 5.80. The summed E-state index contributed by atoms with van der Waals surface area (Å²) < 4.78 is 0. The van der Waals surface area contributed by atoms with Gasteiger partial charge in [-0.2, -0.15) is 0 Å². The van der Waals surface area contributed by atoms with E-state index < -0.39 is 12.0 Å². The van der Waals surface area contributed by atoms with Crippen molar-refractivity contribution >= 4 is 11.9 Å². The van der Waals surface area contributed by atoms with Crippen molar-refractivity contribution in [2.45, 2.75) is 51.5 Å². The highest BCUT2D eigenvalue weighted by atomic mass is 16.4. The first-order valence-corrected chi connectivity index (χ1v) is 9.19. The number of carboxylic acids is 1. The second kappa shape index (κ2) is 8.17. The molecule has 2 aromatic rings. The van der Waals surface area contributed by atoms with Gasteiger partial charge < -0.3 is 10.4 Å². The summed E-state index contributed by atoms with van der Waals surface area (Å²) in [7, 11) is 0. The van der Waals surface area contributed by atoms with Crippen LogP contribution in [-0.4, -0.2) is 17.0 Å². The smallest absolute Gasteiger partial charge is 0.305 e. The number of hydrogen-bond donors (Lipinski definition) is 2. The number of carboxylic acid groups (broad SMARTS) is 1. The lowest BCUT2D eigenvalue weighted by Crippen LogP contribution is -2.31. The Kier molecular flexibility index (Phi) is 5.71. The van der Waals surface area contributed by atoms with Crippen molar-refractivity contribution in [1.82, 2.24) is 5.32 Å². The molecule has 2 aromatic carbocycles. The molecule has 0 saturated carbocycles. The fourth-order valence-corrected chi connectivity index (χ4v) is 3.55. The first-order valence-electron chi connectivity index (χ1n) is 9.19. The summed E-state index contributed by atoms with van der Waals surface area (Å²) in [6.45, 7) is 1.98. The summed E-state index contributed by atoms with van der Waals surface area (Å²) in [4.78, 5) is 23.7. The number of fused-ring (bicyclic) bond motifs is 1. The van der Waals surface area contributed by atoms with Gasteiger partial charge in [0, 0.05) is 0 Å². The molecule has 1 aliphatic carbocycles. The lowest BCUT2D eigenvalue weighted by molar-refractivity contribution is -0.137.